The van der Waals surface area contributed by atoms with Crippen molar-refractivity contribution in [2.24, 2.45) is 11.8 Å². The van der Waals surface area contributed by atoms with Crippen molar-refractivity contribution in [3.8, 4) is 0 Å². The van der Waals surface area contributed by atoms with Crippen molar-refractivity contribution < 1.29 is 23.8 Å². The largest absolute Gasteiger partial charge is 0.348 e. The highest BCUT2D eigenvalue weighted by molar-refractivity contribution is 5.91. The molecule has 2 fully saturated rings. The number of benzene rings is 1. The summed E-state index contributed by atoms with van der Waals surface area (Å²) in [5.74, 6) is 0.885. The van der Waals surface area contributed by atoms with Gasteiger partial charge < -0.3 is 20.4 Å². The fourth-order valence-electron chi connectivity index (χ4n) is 4.81. The number of carbonyl (C=O) groups excluding carboxylic acids is 2. The summed E-state index contributed by atoms with van der Waals surface area (Å²) in [7, 11) is 0. The lowest BCUT2D eigenvalue weighted by Crippen LogP contribution is -3.30. The molecule has 0 radical (unpaired) electrons. The van der Waals surface area contributed by atoms with E-state index in [4.69, 9.17) is 0 Å². The van der Waals surface area contributed by atoms with Gasteiger partial charge in [0.05, 0.1) is 0 Å². The smallest absolute Gasteiger partial charge is 0.279 e. The molecular formula is C23H37FN4O2+2. The lowest BCUT2D eigenvalue weighted by molar-refractivity contribution is -1.01. The Labute approximate surface area is 179 Å². The molecule has 1 saturated carbocycles. The van der Waals surface area contributed by atoms with Gasteiger partial charge in [-0.15, -0.1) is 0 Å². The summed E-state index contributed by atoms with van der Waals surface area (Å²) in [6, 6.07) is 6.17. The Kier molecular flexibility index (Phi) is 7.83. The van der Waals surface area contributed by atoms with Crippen molar-refractivity contribution in [2.75, 3.05) is 38.0 Å². The van der Waals surface area contributed by atoms with E-state index in [1.54, 1.807) is 12.1 Å². The fourth-order valence-corrected chi connectivity index (χ4v) is 4.81. The zero-order valence-corrected chi connectivity index (χ0v) is 18.5. The van der Waals surface area contributed by atoms with Crippen LogP contribution in [0.3, 0.4) is 0 Å². The Morgan fingerprint density at radius 1 is 1.17 bits per heavy atom. The van der Waals surface area contributed by atoms with E-state index < -0.39 is 0 Å². The molecule has 1 heterocycles. The molecule has 1 aliphatic heterocycles. The zero-order valence-electron chi connectivity index (χ0n) is 18.5. The van der Waals surface area contributed by atoms with Gasteiger partial charge in [-0.05, 0) is 43.4 Å². The Bertz CT molecular complexity index is 736. The van der Waals surface area contributed by atoms with Gasteiger partial charge in [0.25, 0.3) is 11.8 Å². The molecule has 0 spiro atoms. The first-order chi connectivity index (χ1) is 14.3. The van der Waals surface area contributed by atoms with Crippen LogP contribution in [0.15, 0.2) is 24.3 Å². The minimum absolute atomic E-state index is 0.0721. The molecule has 30 heavy (non-hydrogen) atoms. The maximum Gasteiger partial charge on any atom is 0.279 e. The van der Waals surface area contributed by atoms with Crippen molar-refractivity contribution in [1.29, 1.82) is 0 Å². The molecule has 4 atom stereocenters. The molecule has 1 aromatic carbocycles. The summed E-state index contributed by atoms with van der Waals surface area (Å²) in [5, 5.41) is 6.07. The van der Waals surface area contributed by atoms with Crippen LogP contribution in [-0.4, -0.2) is 56.6 Å². The van der Waals surface area contributed by atoms with Crippen LogP contribution in [0.4, 0.5) is 10.1 Å². The van der Waals surface area contributed by atoms with Crippen LogP contribution >= 0.6 is 0 Å². The first-order valence-electron chi connectivity index (χ1n) is 11.4. The lowest BCUT2D eigenvalue weighted by atomic mass is 9.78. The van der Waals surface area contributed by atoms with Crippen LogP contribution in [0.25, 0.3) is 0 Å². The number of hydrogen-bond acceptors (Lipinski definition) is 2. The van der Waals surface area contributed by atoms with E-state index in [1.165, 1.54) is 34.8 Å². The molecule has 6 nitrogen and oxygen atoms in total. The second-order valence-corrected chi connectivity index (χ2v) is 9.25. The summed E-state index contributed by atoms with van der Waals surface area (Å²) in [4.78, 5) is 27.6. The molecule has 0 aromatic heterocycles. The number of nitrogens with one attached hydrogen (secondary N) is 4. The minimum Gasteiger partial charge on any atom is -0.348 e. The molecule has 3 rings (SSSR count). The summed E-state index contributed by atoms with van der Waals surface area (Å²) < 4.78 is 13.3. The summed E-state index contributed by atoms with van der Waals surface area (Å²) in [6.07, 6.45) is 3.53. The van der Waals surface area contributed by atoms with E-state index in [2.05, 4.69) is 24.5 Å². The van der Waals surface area contributed by atoms with Crippen LogP contribution < -0.4 is 20.4 Å². The SMILES string of the molecule is C[C@@H]1[C@@H](C)CCC[C@H]1NC(=O)[C@@H](C)[NH+]1CC[NH+](CC(=O)Nc2cccc(F)c2)CC1. The Balaban J connectivity index is 1.42. The van der Waals surface area contributed by atoms with E-state index in [0.29, 0.717) is 30.1 Å². The second-order valence-electron chi connectivity index (χ2n) is 9.25. The minimum atomic E-state index is -0.360. The molecule has 0 unspecified atom stereocenters. The van der Waals surface area contributed by atoms with Gasteiger partial charge in [-0.1, -0.05) is 32.8 Å². The number of halogens is 1. The van der Waals surface area contributed by atoms with Crippen LogP contribution in [0.1, 0.15) is 40.0 Å². The van der Waals surface area contributed by atoms with Gasteiger partial charge in [-0.2, -0.15) is 0 Å². The molecule has 4 N–H and O–H groups in total. The van der Waals surface area contributed by atoms with E-state index in [9.17, 15) is 14.0 Å². The van der Waals surface area contributed by atoms with Gasteiger partial charge in [0, 0.05) is 11.7 Å². The van der Waals surface area contributed by atoms with Crippen molar-refractivity contribution in [3.05, 3.63) is 30.1 Å². The summed E-state index contributed by atoms with van der Waals surface area (Å²) in [6.45, 7) is 10.3. The average Bonchev–Trinajstić information content (AvgIpc) is 2.71. The molecule has 1 aliphatic carbocycles. The number of piperazine rings is 1. The maximum absolute atomic E-state index is 13.3. The first-order valence-corrected chi connectivity index (χ1v) is 11.4. The quantitative estimate of drug-likeness (QED) is 0.518. The van der Waals surface area contributed by atoms with Gasteiger partial charge in [0.1, 0.15) is 32.0 Å². The van der Waals surface area contributed by atoms with Crippen molar-refractivity contribution >= 4 is 17.5 Å². The zero-order chi connectivity index (χ0) is 21.7. The fraction of sp³-hybridized carbons (Fsp3) is 0.652. The third-order valence-electron chi connectivity index (χ3n) is 7.16. The first kappa shape index (κ1) is 22.7. The number of carbonyl (C=O) groups is 2. The second kappa shape index (κ2) is 10.4. The van der Waals surface area contributed by atoms with E-state index >= 15 is 0 Å². The normalized spacial score (nSPS) is 30.3. The average molecular weight is 421 g/mol. The highest BCUT2D eigenvalue weighted by atomic mass is 19.1. The van der Waals surface area contributed by atoms with Gasteiger partial charge in [-0.25, -0.2) is 4.39 Å². The highest BCUT2D eigenvalue weighted by Crippen LogP contribution is 2.29. The highest BCUT2D eigenvalue weighted by Gasteiger charge is 2.34. The van der Waals surface area contributed by atoms with Crippen molar-refractivity contribution in [3.63, 3.8) is 0 Å². The predicted molar refractivity (Wildman–Crippen MR) is 115 cm³/mol. The van der Waals surface area contributed by atoms with E-state index in [0.717, 1.165) is 32.6 Å². The molecule has 2 amide bonds. The third-order valence-corrected chi connectivity index (χ3v) is 7.16. The molecule has 2 aliphatic rings. The van der Waals surface area contributed by atoms with Gasteiger partial charge in [-0.3, -0.25) is 9.59 Å². The van der Waals surface area contributed by atoms with E-state index in [-0.39, 0.29) is 23.7 Å². The molecule has 0 bridgehead atoms. The number of hydrogen-bond donors (Lipinski definition) is 4. The number of quaternary nitrogens is 2. The Hall–Kier alpha value is -1.99. The Morgan fingerprint density at radius 2 is 1.90 bits per heavy atom. The molecule has 7 heteroatoms. The number of rotatable bonds is 6. The van der Waals surface area contributed by atoms with Crippen LogP contribution in [0.2, 0.25) is 0 Å². The number of anilines is 1. The maximum atomic E-state index is 13.3. The Morgan fingerprint density at radius 3 is 2.60 bits per heavy atom. The number of amides is 2. The molecular weight excluding hydrogens is 383 g/mol. The van der Waals surface area contributed by atoms with Crippen molar-refractivity contribution in [2.45, 2.75) is 52.1 Å². The topological polar surface area (TPSA) is 67.1 Å². The monoisotopic (exact) mass is 420 g/mol. The van der Waals surface area contributed by atoms with Crippen LogP contribution in [0, 0.1) is 17.7 Å². The molecule has 1 aromatic rings. The predicted octanol–water partition coefficient (Wildman–Crippen LogP) is -0.123. The van der Waals surface area contributed by atoms with Crippen LogP contribution in [-0.2, 0) is 9.59 Å². The lowest BCUT2D eigenvalue weighted by Gasteiger charge is -2.36. The third kappa shape index (κ3) is 6.01. The van der Waals surface area contributed by atoms with E-state index in [1.807, 2.05) is 6.92 Å². The summed E-state index contributed by atoms with van der Waals surface area (Å²) >= 11 is 0. The van der Waals surface area contributed by atoms with Gasteiger partial charge in [0.2, 0.25) is 0 Å². The van der Waals surface area contributed by atoms with Gasteiger partial charge >= 0.3 is 0 Å². The summed E-state index contributed by atoms with van der Waals surface area (Å²) in [5.41, 5.74) is 0.486. The standard InChI is InChI=1S/C23H35FN4O2/c1-16-6-4-9-21(17(16)2)26-23(30)18(3)28-12-10-27(11-13-28)15-22(29)25-20-8-5-7-19(24)14-20/h5,7-8,14,16-18,21H,4,6,9-13,15H2,1-3H3,(H,25,29)(H,26,30)/p+2/t16-,17+,18+,21+/m0/s1. The van der Waals surface area contributed by atoms with Crippen LogP contribution in [0.5, 0.6) is 0 Å². The molecule has 1 saturated heterocycles. The van der Waals surface area contributed by atoms with Gasteiger partial charge in [0.15, 0.2) is 12.6 Å². The van der Waals surface area contributed by atoms with Crippen molar-refractivity contribution in [1.82, 2.24) is 5.32 Å². The molecule has 166 valence electrons.